The normalized spacial score (nSPS) is 17.7. The molecule has 0 spiro atoms. The van der Waals surface area contributed by atoms with Gasteiger partial charge in [0.25, 0.3) is 5.91 Å². The van der Waals surface area contributed by atoms with E-state index < -0.39 is 11.5 Å². The summed E-state index contributed by atoms with van der Waals surface area (Å²) in [6.07, 6.45) is 1.87. The molecule has 1 aliphatic carbocycles. The summed E-state index contributed by atoms with van der Waals surface area (Å²) in [5.41, 5.74) is -0.0242. The lowest BCUT2D eigenvalue weighted by atomic mass is 9.79. The van der Waals surface area contributed by atoms with Crippen molar-refractivity contribution in [1.29, 1.82) is 0 Å². The predicted molar refractivity (Wildman–Crippen MR) is 58.6 cm³/mol. The number of benzene rings is 1. The Bertz CT molecular complexity index is 427. The van der Waals surface area contributed by atoms with Crippen LogP contribution in [0.1, 0.15) is 24.8 Å². The van der Waals surface area contributed by atoms with Crippen molar-refractivity contribution in [3.05, 3.63) is 29.6 Å². The fraction of sp³-hybridized carbons (Fsp3) is 0.417. The van der Waals surface area contributed by atoms with Gasteiger partial charge in [0.05, 0.1) is 0 Å². The second-order valence-corrected chi connectivity index (χ2v) is 4.30. The van der Waals surface area contributed by atoms with Gasteiger partial charge in [-0.1, -0.05) is 0 Å². The Morgan fingerprint density at radius 1 is 1.50 bits per heavy atom. The molecule has 0 atom stereocenters. The van der Waals surface area contributed by atoms with E-state index >= 15 is 0 Å². The first kappa shape index (κ1) is 11.1. The summed E-state index contributed by atoms with van der Waals surface area (Å²) in [4.78, 5) is 11.7. The molecule has 0 saturated heterocycles. The molecule has 86 valence electrons. The van der Waals surface area contributed by atoms with Crippen molar-refractivity contribution >= 4 is 11.6 Å². The maximum absolute atomic E-state index is 12.8. The van der Waals surface area contributed by atoms with E-state index in [-0.39, 0.29) is 5.82 Å². The van der Waals surface area contributed by atoms with E-state index in [1.807, 2.05) is 0 Å². The van der Waals surface area contributed by atoms with Crippen LogP contribution in [0.3, 0.4) is 0 Å². The highest BCUT2D eigenvalue weighted by Crippen LogP contribution is 2.33. The Balaban J connectivity index is 2.12. The first-order chi connectivity index (χ1) is 7.51. The van der Waals surface area contributed by atoms with E-state index in [1.165, 1.54) is 18.2 Å². The second kappa shape index (κ2) is 3.87. The molecular formula is C12H14FNO2. The predicted octanol–water partition coefficient (Wildman–Crippen LogP) is 1.99. The fourth-order valence-corrected chi connectivity index (χ4v) is 1.74. The van der Waals surface area contributed by atoms with Crippen molar-refractivity contribution in [2.45, 2.75) is 31.8 Å². The van der Waals surface area contributed by atoms with Crippen LogP contribution in [0.5, 0.6) is 0 Å². The number of anilines is 1. The Hall–Kier alpha value is -1.42. The van der Waals surface area contributed by atoms with E-state index in [0.29, 0.717) is 24.1 Å². The molecule has 0 radical (unpaired) electrons. The van der Waals surface area contributed by atoms with Crippen LogP contribution < -0.4 is 5.32 Å². The highest BCUT2D eigenvalue weighted by atomic mass is 19.1. The number of rotatable bonds is 2. The summed E-state index contributed by atoms with van der Waals surface area (Å²) in [5, 5.41) is 12.4. The molecule has 1 amide bonds. The third-order valence-corrected chi connectivity index (χ3v) is 3.04. The number of aliphatic hydroxyl groups is 1. The number of hydrogen-bond donors (Lipinski definition) is 2. The van der Waals surface area contributed by atoms with Crippen LogP contribution in [-0.2, 0) is 4.79 Å². The average molecular weight is 223 g/mol. The third kappa shape index (κ3) is 1.93. The molecule has 0 heterocycles. The lowest BCUT2D eigenvalue weighted by Crippen LogP contribution is -2.48. The van der Waals surface area contributed by atoms with Crippen LogP contribution >= 0.6 is 0 Å². The minimum Gasteiger partial charge on any atom is -0.380 e. The standard InChI is InChI=1S/C12H14FNO2/c1-8-7-9(13)3-4-10(8)14-11(15)12(16)5-2-6-12/h3-4,7,16H,2,5-6H2,1H3,(H,14,15). The smallest absolute Gasteiger partial charge is 0.256 e. The molecule has 1 fully saturated rings. The molecule has 0 unspecified atom stereocenters. The number of hydrogen-bond acceptors (Lipinski definition) is 2. The summed E-state index contributed by atoms with van der Waals surface area (Å²) in [6.45, 7) is 1.71. The van der Waals surface area contributed by atoms with Crippen molar-refractivity contribution in [3.8, 4) is 0 Å². The zero-order valence-corrected chi connectivity index (χ0v) is 9.09. The Labute approximate surface area is 93.3 Å². The molecule has 2 rings (SSSR count). The minimum atomic E-state index is -1.22. The number of halogens is 1. The number of aryl methyl sites for hydroxylation is 1. The number of carbonyl (C=O) groups is 1. The largest absolute Gasteiger partial charge is 0.380 e. The van der Waals surface area contributed by atoms with Gasteiger partial charge < -0.3 is 10.4 Å². The maximum atomic E-state index is 12.8. The lowest BCUT2D eigenvalue weighted by Gasteiger charge is -2.34. The van der Waals surface area contributed by atoms with Gasteiger partial charge in [0.2, 0.25) is 0 Å². The summed E-state index contributed by atoms with van der Waals surface area (Å²) in [6, 6.07) is 4.14. The van der Waals surface area contributed by atoms with Gasteiger partial charge in [0.1, 0.15) is 11.4 Å². The second-order valence-electron chi connectivity index (χ2n) is 4.30. The van der Waals surface area contributed by atoms with Gasteiger partial charge in [0, 0.05) is 5.69 Å². The summed E-state index contributed by atoms with van der Waals surface area (Å²) >= 11 is 0. The van der Waals surface area contributed by atoms with Crippen molar-refractivity contribution in [2.75, 3.05) is 5.32 Å². The number of carbonyl (C=O) groups excluding carboxylic acids is 1. The van der Waals surface area contributed by atoms with Gasteiger partial charge in [-0.15, -0.1) is 0 Å². The van der Waals surface area contributed by atoms with Gasteiger partial charge in [-0.2, -0.15) is 0 Å². The molecule has 0 aromatic heterocycles. The maximum Gasteiger partial charge on any atom is 0.256 e. The molecule has 16 heavy (non-hydrogen) atoms. The van der Waals surface area contributed by atoms with Gasteiger partial charge in [-0.25, -0.2) is 4.39 Å². The molecule has 2 N–H and O–H groups in total. The van der Waals surface area contributed by atoms with E-state index in [4.69, 9.17) is 0 Å². The minimum absolute atomic E-state index is 0.335. The summed E-state index contributed by atoms with van der Waals surface area (Å²) in [7, 11) is 0. The van der Waals surface area contributed by atoms with E-state index in [9.17, 15) is 14.3 Å². The third-order valence-electron chi connectivity index (χ3n) is 3.04. The molecule has 4 heteroatoms. The summed E-state index contributed by atoms with van der Waals surface area (Å²) in [5.74, 6) is -0.730. The fourth-order valence-electron chi connectivity index (χ4n) is 1.74. The van der Waals surface area contributed by atoms with Crippen LogP contribution in [0.25, 0.3) is 0 Å². The molecule has 1 saturated carbocycles. The van der Waals surface area contributed by atoms with Crippen LogP contribution in [0.4, 0.5) is 10.1 Å². The van der Waals surface area contributed by atoms with Gasteiger partial charge in [0.15, 0.2) is 0 Å². The Morgan fingerprint density at radius 3 is 2.69 bits per heavy atom. The molecule has 3 nitrogen and oxygen atoms in total. The van der Waals surface area contributed by atoms with Gasteiger partial charge in [-0.05, 0) is 49.9 Å². The van der Waals surface area contributed by atoms with E-state index in [1.54, 1.807) is 6.92 Å². The average Bonchev–Trinajstić information content (AvgIpc) is 2.18. The molecule has 0 aliphatic heterocycles. The van der Waals surface area contributed by atoms with Crippen molar-refractivity contribution in [1.82, 2.24) is 0 Å². The quantitative estimate of drug-likeness (QED) is 0.805. The number of amides is 1. The van der Waals surface area contributed by atoms with E-state index in [0.717, 1.165) is 6.42 Å². The highest BCUT2D eigenvalue weighted by Gasteiger charge is 2.42. The Morgan fingerprint density at radius 2 is 2.19 bits per heavy atom. The van der Waals surface area contributed by atoms with Crippen LogP contribution in [0.2, 0.25) is 0 Å². The van der Waals surface area contributed by atoms with Crippen LogP contribution in [-0.4, -0.2) is 16.6 Å². The van der Waals surface area contributed by atoms with Crippen molar-refractivity contribution in [2.24, 2.45) is 0 Å². The topological polar surface area (TPSA) is 49.3 Å². The Kier molecular flexibility index (Phi) is 2.68. The first-order valence-electron chi connectivity index (χ1n) is 5.31. The molecule has 1 aromatic carbocycles. The lowest BCUT2D eigenvalue weighted by molar-refractivity contribution is -0.142. The number of nitrogens with one attached hydrogen (secondary N) is 1. The monoisotopic (exact) mass is 223 g/mol. The zero-order valence-electron chi connectivity index (χ0n) is 9.09. The highest BCUT2D eigenvalue weighted by molar-refractivity contribution is 5.98. The van der Waals surface area contributed by atoms with Crippen molar-refractivity contribution < 1.29 is 14.3 Å². The van der Waals surface area contributed by atoms with Crippen LogP contribution in [0.15, 0.2) is 18.2 Å². The van der Waals surface area contributed by atoms with Crippen LogP contribution in [0, 0.1) is 12.7 Å². The summed E-state index contributed by atoms with van der Waals surface area (Å²) < 4.78 is 12.8. The molecule has 1 aromatic rings. The van der Waals surface area contributed by atoms with Gasteiger partial charge in [-0.3, -0.25) is 4.79 Å². The first-order valence-corrected chi connectivity index (χ1v) is 5.31. The van der Waals surface area contributed by atoms with Gasteiger partial charge >= 0.3 is 0 Å². The molecule has 1 aliphatic rings. The zero-order chi connectivity index (χ0) is 11.8. The van der Waals surface area contributed by atoms with Crippen molar-refractivity contribution in [3.63, 3.8) is 0 Å². The SMILES string of the molecule is Cc1cc(F)ccc1NC(=O)C1(O)CCC1. The molecular weight excluding hydrogens is 209 g/mol. The van der Waals surface area contributed by atoms with E-state index in [2.05, 4.69) is 5.32 Å². The molecule has 0 bridgehead atoms.